The highest BCUT2D eigenvalue weighted by Gasteiger charge is 2.50. The number of ether oxygens (including phenoxy) is 12. The average molecular weight is 1920 g/mol. The van der Waals surface area contributed by atoms with E-state index in [1.54, 1.807) is 0 Å². The summed E-state index contributed by atoms with van der Waals surface area (Å²) in [7, 11) is -6.49. The SMILES string of the molecule is CC(C)(C)CC(C)(C)Oc1ccc([Si](O[Si](c2ccc(OC(C)(C)CC(C)(C)C)c(OC(C)(C)CC(C)(C)C)c2OC(C)(C)CC(C)(C)C)c2ccc(OC(C)(C)CC(C)(C)C)c(OC(C)(C)CC(C)(C)C)c2OC(C)(C)CC(C)(C)C)c2ccc(OC(C)(C)CC(C)(C)C)c(OC(C)(C)CC(C)(C)C)c2OC(C)(C)CC(C)(C)C)c(OC(C)(C)CC(C)(C)C)c1OC(C)(C)CC(C)(C)C. The molecule has 0 atom stereocenters. The number of benzene rings is 4. The molecule has 0 heterocycles. The molecule has 0 aromatic heterocycles. The minimum atomic E-state index is -3.25. The first-order valence-electron chi connectivity index (χ1n) is 51.4. The smallest absolute Gasteiger partial charge is 0.280 e. The van der Waals surface area contributed by atoms with E-state index in [1.165, 1.54) is 0 Å². The molecule has 4 rings (SSSR count). The van der Waals surface area contributed by atoms with Gasteiger partial charge in [0.05, 0.1) is 0 Å². The van der Waals surface area contributed by atoms with Crippen molar-refractivity contribution in [2.75, 3.05) is 0 Å². The highest BCUT2D eigenvalue weighted by Crippen LogP contribution is 2.54. The monoisotopic (exact) mass is 1920 g/mol. The van der Waals surface area contributed by atoms with Gasteiger partial charge in [0, 0.05) is 20.7 Å². The van der Waals surface area contributed by atoms with Crippen LogP contribution in [0.5, 0.6) is 69.0 Å². The lowest BCUT2D eigenvalue weighted by atomic mass is 9.83. The van der Waals surface area contributed by atoms with Gasteiger partial charge in [-0.3, -0.25) is 0 Å². The summed E-state index contributed by atoms with van der Waals surface area (Å²) >= 11 is 0. The van der Waals surface area contributed by atoms with Crippen molar-refractivity contribution in [3.63, 3.8) is 0 Å². The Morgan fingerprint density at radius 3 is 0.333 bits per heavy atom. The average Bonchev–Trinajstić information content (AvgIpc) is 0.739. The Bertz CT molecular complexity index is 3940. The van der Waals surface area contributed by atoms with Gasteiger partial charge in [0.15, 0.2) is 46.0 Å². The van der Waals surface area contributed by atoms with Crippen LogP contribution < -0.4 is 77.6 Å². The van der Waals surface area contributed by atoms with E-state index < -0.39 is 85.3 Å². The molecule has 778 valence electrons. The molecule has 0 N–H and O–H groups in total. The lowest BCUT2D eigenvalue weighted by molar-refractivity contribution is 0.0225. The van der Waals surface area contributed by atoms with Gasteiger partial charge in [-0.1, -0.05) is 274 Å². The molecule has 0 aliphatic rings. The molecular weight excluding hydrogens is 1710 g/mol. The summed E-state index contributed by atoms with van der Waals surface area (Å²) in [6, 6.07) is 17.5. The van der Waals surface area contributed by atoms with Crippen molar-refractivity contribution in [1.29, 1.82) is 0 Å². The van der Waals surface area contributed by atoms with Crippen molar-refractivity contribution in [2.24, 2.45) is 65.0 Å². The molecular formula is C120H212O13Si2. The van der Waals surface area contributed by atoms with Crippen LogP contribution in [0.4, 0.5) is 0 Å². The second-order valence-electron chi connectivity index (χ2n) is 63.0. The van der Waals surface area contributed by atoms with Gasteiger partial charge in [0.1, 0.15) is 67.2 Å². The molecule has 0 bridgehead atoms. The Labute approximate surface area is 836 Å². The van der Waals surface area contributed by atoms with E-state index in [1.807, 2.05) is 0 Å². The van der Waals surface area contributed by atoms with Gasteiger partial charge in [0.2, 0.25) is 23.0 Å². The third-order valence-corrected chi connectivity index (χ3v) is 26.7. The summed E-state index contributed by atoms with van der Waals surface area (Å²) in [5.74, 6) is 6.06. The van der Waals surface area contributed by atoms with Crippen molar-refractivity contribution in [1.82, 2.24) is 0 Å². The zero-order valence-electron chi connectivity index (χ0n) is 99.4. The predicted molar refractivity (Wildman–Crippen MR) is 582 cm³/mol. The number of hydrogen-bond donors (Lipinski definition) is 0. The first-order chi connectivity index (χ1) is 59.0. The van der Waals surface area contributed by atoms with Gasteiger partial charge >= 0.3 is 0 Å². The summed E-state index contributed by atoms with van der Waals surface area (Å²) < 4.78 is 107. The van der Waals surface area contributed by atoms with E-state index in [4.69, 9.17) is 56.8 Å². The second-order valence-corrected chi connectivity index (χ2v) is 67.3. The largest absolute Gasteiger partial charge is 0.484 e. The van der Waals surface area contributed by atoms with E-state index in [0.29, 0.717) is 146 Å². The molecule has 0 spiro atoms. The normalized spacial score (nSPS) is 14.7. The molecule has 4 aromatic carbocycles. The molecule has 13 nitrogen and oxygen atoms in total. The lowest BCUT2D eigenvalue weighted by Crippen LogP contribution is -2.58. The van der Waals surface area contributed by atoms with Crippen molar-refractivity contribution in [3.8, 4) is 69.0 Å². The molecule has 135 heavy (non-hydrogen) atoms. The number of rotatable bonds is 42. The van der Waals surface area contributed by atoms with Crippen molar-refractivity contribution in [3.05, 3.63) is 48.5 Å². The quantitative estimate of drug-likeness (QED) is 0.0392. The van der Waals surface area contributed by atoms with Crippen LogP contribution in [0.1, 0.15) is 492 Å². The fourth-order valence-electron chi connectivity index (χ4n) is 23.8. The van der Waals surface area contributed by atoms with Gasteiger partial charge in [-0.2, -0.15) is 0 Å². The van der Waals surface area contributed by atoms with Crippen molar-refractivity contribution >= 4 is 38.8 Å². The maximum atomic E-state index is 9.61. The van der Waals surface area contributed by atoms with E-state index in [2.05, 4.69) is 464 Å². The predicted octanol–water partition coefficient (Wildman–Crippen LogP) is 33.7. The van der Waals surface area contributed by atoms with Gasteiger partial charge in [-0.15, -0.1) is 0 Å². The van der Waals surface area contributed by atoms with Crippen LogP contribution in [0.15, 0.2) is 48.5 Å². The molecule has 0 aliphatic heterocycles. The van der Waals surface area contributed by atoms with Crippen LogP contribution in [0.3, 0.4) is 0 Å². The fraction of sp³-hybridized carbons (Fsp3) is 0.800. The molecule has 15 heteroatoms. The third-order valence-electron chi connectivity index (χ3n) is 21.5. The van der Waals surface area contributed by atoms with Gasteiger partial charge in [-0.05, 0) is 332 Å². The highest BCUT2D eigenvalue weighted by atomic mass is 28.4. The first kappa shape index (κ1) is 122. The van der Waals surface area contributed by atoms with E-state index in [0.717, 1.165) is 20.7 Å². The molecule has 0 amide bonds. The van der Waals surface area contributed by atoms with Gasteiger partial charge in [0.25, 0.3) is 18.1 Å². The highest BCUT2D eigenvalue weighted by molar-refractivity contribution is 6.93. The minimum Gasteiger partial charge on any atom is -0.484 e. The standard InChI is InChI=1S/C120H212O13Si2/c1-97(2,3)69-109(37,38)121-81-61-65-85(93(129-117(53,54)77-105(25,26)27)89(81)125-113(45,46)73-101(13,14)15)134(86-66-62-82(122-110(39,40)70-98(4,5)6)90(126-114(47,48)74-102(16,17)18)94(86)130-118(55,56)78-106(28,29)30)133-135(87-67-63-83(123-111(41,42)71-99(7,8)9)91(127-115(49,50)75-103(19,20)21)95(87)131-119(57,58)79-107(31,32)33)88-68-64-84(124-112(43,44)72-100(10,11)12)92(128-116(51,52)76-104(22,23)24)96(88)132-120(59,60)80-108(34,35)36/h61-68H,69-80H2,1-60H3. The Hall–Kier alpha value is -5.13. The Morgan fingerprint density at radius 1 is 0.133 bits per heavy atom. The summed E-state index contributed by atoms with van der Waals surface area (Å²) in [4.78, 5) is 0. The molecule has 0 fully saturated rings. The molecule has 2 radical (unpaired) electrons. The van der Waals surface area contributed by atoms with Crippen molar-refractivity contribution in [2.45, 2.75) is 560 Å². The topological polar surface area (TPSA) is 120 Å². The van der Waals surface area contributed by atoms with Crippen LogP contribution in [0, 0.1) is 65.0 Å². The van der Waals surface area contributed by atoms with Crippen LogP contribution in [-0.2, 0) is 4.12 Å². The van der Waals surface area contributed by atoms with E-state index in [-0.39, 0.29) is 65.0 Å². The summed E-state index contributed by atoms with van der Waals surface area (Å²) in [5, 5.41) is 2.93. The lowest BCUT2D eigenvalue weighted by Gasteiger charge is -2.41. The van der Waals surface area contributed by atoms with Crippen LogP contribution in [-0.4, -0.2) is 85.3 Å². The zero-order chi connectivity index (χ0) is 106. The van der Waals surface area contributed by atoms with E-state index >= 15 is 0 Å². The van der Waals surface area contributed by atoms with Crippen LogP contribution in [0.25, 0.3) is 0 Å². The van der Waals surface area contributed by atoms with Crippen molar-refractivity contribution < 1.29 is 61.0 Å². The Kier molecular flexibility index (Phi) is 37.4. The zero-order valence-corrected chi connectivity index (χ0v) is 101. The summed E-state index contributed by atoms with van der Waals surface area (Å²) in [5.41, 5.74) is -12.3. The summed E-state index contributed by atoms with van der Waals surface area (Å²) in [6.07, 6.45) is 8.05. The maximum Gasteiger partial charge on any atom is 0.280 e. The molecule has 0 saturated heterocycles. The molecule has 0 unspecified atom stereocenters. The maximum absolute atomic E-state index is 9.61. The van der Waals surface area contributed by atoms with E-state index in [9.17, 15) is 4.12 Å². The number of hydrogen-bond acceptors (Lipinski definition) is 13. The molecule has 0 saturated carbocycles. The van der Waals surface area contributed by atoms with Crippen LogP contribution in [0.2, 0.25) is 0 Å². The van der Waals surface area contributed by atoms with Crippen LogP contribution >= 0.6 is 0 Å². The first-order valence-corrected chi connectivity index (χ1v) is 54.3. The fourth-order valence-corrected chi connectivity index (χ4v) is 29.4. The minimum absolute atomic E-state index is 0.141. The molecule has 4 aromatic rings. The Morgan fingerprint density at radius 2 is 0.230 bits per heavy atom. The van der Waals surface area contributed by atoms with Gasteiger partial charge in [-0.25, -0.2) is 0 Å². The summed E-state index contributed by atoms with van der Waals surface area (Å²) in [6.45, 7) is 135. The second kappa shape index (κ2) is 41.3. The molecule has 0 aliphatic carbocycles. The Balaban J connectivity index is 3.14. The third kappa shape index (κ3) is 44.9. The van der Waals surface area contributed by atoms with Gasteiger partial charge < -0.3 is 61.0 Å².